The van der Waals surface area contributed by atoms with E-state index in [1.54, 1.807) is 62.3 Å². The average molecular weight is 545 g/mol. The van der Waals surface area contributed by atoms with Crippen LogP contribution in [0.2, 0.25) is 0 Å². The number of alkyl carbamates (subject to hydrolysis) is 1. The first-order chi connectivity index (χ1) is 16.0. The molecular weight excluding hydrogens is 498 g/mol. The number of amides is 1. The van der Waals surface area contributed by atoms with E-state index in [0.717, 1.165) is 0 Å². The molecule has 11 nitrogen and oxygen atoms in total. The Morgan fingerprint density at radius 2 is 1.34 bits per heavy atom. The summed E-state index contributed by atoms with van der Waals surface area (Å²) in [4.78, 5) is 24.8. The molecule has 0 aliphatic carbocycles. The van der Waals surface area contributed by atoms with Crippen LogP contribution in [-0.2, 0) is 37.0 Å². The van der Waals surface area contributed by atoms with Crippen molar-refractivity contribution >= 4 is 27.0 Å². The lowest BCUT2D eigenvalue weighted by Gasteiger charge is -2.26. The largest absolute Gasteiger partial charge is 0.458 e. The van der Waals surface area contributed by atoms with Crippen molar-refractivity contribution in [1.82, 2.24) is 10.6 Å². The first kappa shape index (κ1) is 34.0. The fourth-order valence-electron chi connectivity index (χ4n) is 2.90. The molecule has 2 atom stereocenters. The molecule has 0 aliphatic rings. The van der Waals surface area contributed by atoms with Crippen LogP contribution in [-0.4, -0.2) is 67.9 Å². The fraction of sp³-hybridized carbons (Fsp3) is 0.909. The first-order valence-corrected chi connectivity index (χ1v) is 15.7. The van der Waals surface area contributed by atoms with E-state index in [2.05, 4.69) is 10.6 Å². The molecule has 1 amide bonds. The van der Waals surface area contributed by atoms with Crippen molar-refractivity contribution in [3.05, 3.63) is 0 Å². The number of rotatable bonds is 16. The Morgan fingerprint density at radius 1 is 0.829 bits per heavy atom. The molecule has 0 saturated carbocycles. The second-order valence-corrected chi connectivity index (χ2v) is 14.9. The van der Waals surface area contributed by atoms with Gasteiger partial charge in [0.1, 0.15) is 23.1 Å². The normalized spacial score (nSPS) is 15.2. The van der Waals surface area contributed by atoms with Crippen LogP contribution in [0.4, 0.5) is 4.79 Å². The number of ether oxygens (including phenoxy) is 2. The summed E-state index contributed by atoms with van der Waals surface area (Å²) in [5, 5.41) is 5.60. The lowest BCUT2D eigenvalue weighted by atomic mass is 10.1. The zero-order chi connectivity index (χ0) is 27.3. The standard InChI is InChI=1S/C22H46N2O9P2/c1-10-29-34(27,17-35(28,30-11-2)31-12-3)16-23-15-13-14-18(19(25)32-21(4,5)6)24-20(26)33-22(7,8)9/h18,23H,10-17H2,1-9H3,(H,24,26)/t18-,34?/m0/s1. The van der Waals surface area contributed by atoms with Crippen LogP contribution in [0.5, 0.6) is 0 Å². The highest BCUT2D eigenvalue weighted by Crippen LogP contribution is 2.62. The molecule has 208 valence electrons. The number of carbonyl (C=O) groups excluding carboxylic acids is 2. The molecule has 0 saturated heterocycles. The van der Waals surface area contributed by atoms with Crippen molar-refractivity contribution in [3.8, 4) is 0 Å². The number of esters is 1. The molecule has 0 aromatic rings. The van der Waals surface area contributed by atoms with Gasteiger partial charge in [-0.25, -0.2) is 9.59 Å². The van der Waals surface area contributed by atoms with Crippen molar-refractivity contribution in [1.29, 1.82) is 0 Å². The molecule has 2 N–H and O–H groups in total. The van der Waals surface area contributed by atoms with Gasteiger partial charge in [0, 0.05) is 0 Å². The molecule has 1 unspecified atom stereocenters. The number of nitrogens with one attached hydrogen (secondary N) is 2. The van der Waals surface area contributed by atoms with Gasteiger partial charge in [-0.1, -0.05) is 0 Å². The monoisotopic (exact) mass is 544 g/mol. The Balaban J connectivity index is 5.06. The van der Waals surface area contributed by atoms with Gasteiger partial charge in [0.2, 0.25) is 7.37 Å². The van der Waals surface area contributed by atoms with Gasteiger partial charge in [-0.05, 0) is 81.7 Å². The van der Waals surface area contributed by atoms with Crippen LogP contribution in [0.25, 0.3) is 0 Å². The summed E-state index contributed by atoms with van der Waals surface area (Å²) in [6.07, 6.45) is -0.0527. The lowest BCUT2D eigenvalue weighted by Crippen LogP contribution is -2.46. The van der Waals surface area contributed by atoms with Gasteiger partial charge in [0.05, 0.1) is 26.1 Å². The fourth-order valence-corrected chi connectivity index (χ4v) is 8.31. The Labute approximate surface area is 210 Å². The lowest BCUT2D eigenvalue weighted by molar-refractivity contribution is -0.157. The zero-order valence-electron chi connectivity index (χ0n) is 22.8. The highest BCUT2D eigenvalue weighted by molar-refractivity contribution is 7.73. The van der Waals surface area contributed by atoms with Crippen molar-refractivity contribution in [2.24, 2.45) is 0 Å². The van der Waals surface area contributed by atoms with Crippen LogP contribution in [0.1, 0.15) is 75.2 Å². The number of hydrogen-bond acceptors (Lipinski definition) is 10. The summed E-state index contributed by atoms with van der Waals surface area (Å²) in [5.74, 6) is -0.902. The maximum Gasteiger partial charge on any atom is 0.408 e. The molecule has 0 heterocycles. The number of hydrogen-bond donors (Lipinski definition) is 2. The predicted molar refractivity (Wildman–Crippen MR) is 136 cm³/mol. The maximum atomic E-state index is 13.3. The smallest absolute Gasteiger partial charge is 0.408 e. The highest BCUT2D eigenvalue weighted by atomic mass is 31.2. The average Bonchev–Trinajstić information content (AvgIpc) is 2.64. The summed E-state index contributed by atoms with van der Waals surface area (Å²) in [7, 11) is -6.92. The third-order valence-electron chi connectivity index (χ3n) is 3.99. The van der Waals surface area contributed by atoms with Crippen molar-refractivity contribution in [2.75, 3.05) is 38.6 Å². The molecule has 35 heavy (non-hydrogen) atoms. The summed E-state index contributed by atoms with van der Waals surface area (Å²) < 4.78 is 52.7. The molecular formula is C22H46N2O9P2. The van der Waals surface area contributed by atoms with Gasteiger partial charge in [0.15, 0.2) is 0 Å². The molecule has 0 bridgehead atoms. The minimum Gasteiger partial charge on any atom is -0.458 e. The molecule has 0 spiro atoms. The Morgan fingerprint density at radius 3 is 1.80 bits per heavy atom. The highest BCUT2D eigenvalue weighted by Gasteiger charge is 2.36. The topological polar surface area (TPSA) is 138 Å². The summed E-state index contributed by atoms with van der Waals surface area (Å²) in [5.41, 5.74) is -1.44. The number of carbonyl (C=O) groups is 2. The van der Waals surface area contributed by atoms with Gasteiger partial charge in [0.25, 0.3) is 0 Å². The van der Waals surface area contributed by atoms with E-state index in [9.17, 15) is 18.7 Å². The second-order valence-electron chi connectivity index (χ2n) is 9.85. The molecule has 0 aliphatic heterocycles. The Hall–Kier alpha value is -0.960. The molecule has 13 heteroatoms. The van der Waals surface area contributed by atoms with Gasteiger partial charge in [-0.15, -0.1) is 0 Å². The first-order valence-electron chi connectivity index (χ1n) is 12.0. The van der Waals surface area contributed by atoms with Crippen LogP contribution >= 0.6 is 15.0 Å². The van der Waals surface area contributed by atoms with Crippen molar-refractivity contribution < 1.29 is 41.8 Å². The maximum absolute atomic E-state index is 13.3. The van der Waals surface area contributed by atoms with Crippen LogP contribution in [0.15, 0.2) is 0 Å². The summed E-state index contributed by atoms with van der Waals surface area (Å²) in [6.45, 7) is 16.3. The van der Waals surface area contributed by atoms with E-state index < -0.39 is 44.3 Å². The van der Waals surface area contributed by atoms with E-state index in [1.807, 2.05) is 0 Å². The zero-order valence-corrected chi connectivity index (χ0v) is 24.6. The van der Waals surface area contributed by atoms with Crippen LogP contribution in [0, 0.1) is 0 Å². The van der Waals surface area contributed by atoms with Gasteiger partial charge >= 0.3 is 19.7 Å². The molecule has 0 radical (unpaired) electrons. The minimum atomic E-state index is -3.56. The molecule has 0 aromatic carbocycles. The van der Waals surface area contributed by atoms with Crippen molar-refractivity contribution in [2.45, 2.75) is 92.4 Å². The summed E-state index contributed by atoms with van der Waals surface area (Å²) >= 11 is 0. The predicted octanol–water partition coefficient (Wildman–Crippen LogP) is 5.09. The molecule has 0 fully saturated rings. The van der Waals surface area contributed by atoms with Gasteiger partial charge < -0.3 is 33.7 Å². The Bertz CT molecular complexity index is 738. The van der Waals surface area contributed by atoms with Crippen molar-refractivity contribution in [3.63, 3.8) is 0 Å². The SMILES string of the molecule is CCOP(=O)(CNCCC[C@H](NC(=O)OC(C)(C)C)C(=O)OC(C)(C)C)CP(=O)(OCC)OCC. The van der Waals surface area contributed by atoms with Gasteiger partial charge in [-0.2, -0.15) is 0 Å². The minimum absolute atomic E-state index is 0.0401. The van der Waals surface area contributed by atoms with Gasteiger partial charge in [-0.3, -0.25) is 9.13 Å². The van der Waals surface area contributed by atoms with E-state index in [1.165, 1.54) is 0 Å². The van der Waals surface area contributed by atoms with E-state index >= 15 is 0 Å². The molecule has 0 rings (SSSR count). The quantitative estimate of drug-likeness (QED) is 0.153. The third kappa shape index (κ3) is 16.4. The van der Waals surface area contributed by atoms with Crippen LogP contribution < -0.4 is 10.6 Å². The Kier molecular flexibility index (Phi) is 14.9. The van der Waals surface area contributed by atoms with E-state index in [-0.39, 0.29) is 38.4 Å². The van der Waals surface area contributed by atoms with Crippen LogP contribution in [0.3, 0.4) is 0 Å². The second kappa shape index (κ2) is 15.3. The molecule has 0 aromatic heterocycles. The summed E-state index contributed by atoms with van der Waals surface area (Å²) in [6, 6.07) is -0.916. The van der Waals surface area contributed by atoms with E-state index in [0.29, 0.717) is 13.0 Å². The van der Waals surface area contributed by atoms with E-state index in [4.69, 9.17) is 23.0 Å². The third-order valence-corrected chi connectivity index (χ3v) is 9.83.